The van der Waals surface area contributed by atoms with Crippen molar-refractivity contribution in [3.8, 4) is 38.9 Å². The van der Waals surface area contributed by atoms with Gasteiger partial charge in [-0.25, -0.2) is 4.98 Å². The van der Waals surface area contributed by atoms with E-state index in [1.807, 2.05) is 12.1 Å². The summed E-state index contributed by atoms with van der Waals surface area (Å²) in [7, 11) is 0. The predicted octanol–water partition coefficient (Wildman–Crippen LogP) is 6.93. The maximum atomic E-state index is 5.15. The van der Waals surface area contributed by atoms with Gasteiger partial charge in [-0.1, -0.05) is 84.9 Å². The Bertz CT molecular complexity index is 1180. The molecule has 0 N–H and O–H groups in total. The van der Waals surface area contributed by atoms with Crippen LogP contribution in [0.15, 0.2) is 109 Å². The van der Waals surface area contributed by atoms with Crippen LogP contribution in [0, 0.1) is 0 Å². The molecule has 5 rings (SSSR count). The minimum atomic E-state index is 0.971. The van der Waals surface area contributed by atoms with Crippen LogP contribution in [0.25, 0.3) is 38.9 Å². The fraction of sp³-hybridized carbons (Fsp3) is 0. The highest BCUT2D eigenvalue weighted by Crippen LogP contribution is 2.39. The molecule has 134 valence electrons. The van der Waals surface area contributed by atoms with Gasteiger partial charge in [-0.05, 0) is 23.6 Å². The van der Waals surface area contributed by atoms with Gasteiger partial charge in [0, 0.05) is 16.8 Å². The molecule has 0 radical (unpaired) electrons. The van der Waals surface area contributed by atoms with Crippen molar-refractivity contribution in [2.45, 2.75) is 0 Å². The molecule has 0 aliphatic carbocycles. The highest BCUT2D eigenvalue weighted by Gasteiger charge is 2.22. The summed E-state index contributed by atoms with van der Waals surface area (Å²) >= 11 is 1.71. The number of rotatable bonds is 4. The third kappa shape index (κ3) is 2.96. The van der Waals surface area contributed by atoms with Crippen molar-refractivity contribution in [1.82, 2.24) is 9.55 Å². The van der Waals surface area contributed by atoms with Gasteiger partial charge in [0.25, 0.3) is 0 Å². The van der Waals surface area contributed by atoms with Gasteiger partial charge in [0.2, 0.25) is 0 Å². The van der Waals surface area contributed by atoms with Crippen molar-refractivity contribution in [3.05, 3.63) is 109 Å². The highest BCUT2D eigenvalue weighted by atomic mass is 32.1. The lowest BCUT2D eigenvalue weighted by atomic mass is 10.0. The molecule has 28 heavy (non-hydrogen) atoms. The Hall–Kier alpha value is -3.43. The number of nitrogens with zero attached hydrogens (tertiary/aromatic N) is 2. The lowest BCUT2D eigenvalue weighted by Crippen LogP contribution is -1.99. The molecule has 0 fully saturated rings. The molecule has 2 aromatic heterocycles. The molecule has 0 saturated heterocycles. The lowest BCUT2D eigenvalue weighted by molar-refractivity contribution is 1.08. The molecule has 0 saturated carbocycles. The largest absolute Gasteiger partial charge is 0.291 e. The van der Waals surface area contributed by atoms with Gasteiger partial charge in [-0.2, -0.15) is 0 Å². The fourth-order valence-corrected chi connectivity index (χ4v) is 4.18. The van der Waals surface area contributed by atoms with Gasteiger partial charge in [0.1, 0.15) is 0 Å². The molecule has 0 unspecified atom stereocenters. The van der Waals surface area contributed by atoms with Crippen molar-refractivity contribution in [3.63, 3.8) is 0 Å². The van der Waals surface area contributed by atoms with Gasteiger partial charge in [-0.15, -0.1) is 11.3 Å². The molecule has 5 aromatic rings. The van der Waals surface area contributed by atoms with E-state index in [1.54, 1.807) is 11.3 Å². The fourth-order valence-electron chi connectivity index (χ4n) is 3.48. The molecule has 0 bridgehead atoms. The van der Waals surface area contributed by atoms with Gasteiger partial charge < -0.3 is 0 Å². The van der Waals surface area contributed by atoms with E-state index in [4.69, 9.17) is 4.98 Å². The standard InChI is InChI=1S/C25H18N2S/c1-4-11-19(12-5-1)23-24(20-13-6-2-7-14-20)27(21-15-8-3-9-16-21)25(26-23)22-17-10-18-28-22/h1-18H. The summed E-state index contributed by atoms with van der Waals surface area (Å²) in [6, 6.07) is 35.6. The zero-order valence-corrected chi connectivity index (χ0v) is 16.0. The van der Waals surface area contributed by atoms with Crippen LogP contribution in [0.2, 0.25) is 0 Å². The second-order valence-electron chi connectivity index (χ2n) is 6.51. The summed E-state index contributed by atoms with van der Waals surface area (Å²) in [5.74, 6) is 0.971. The summed E-state index contributed by atoms with van der Waals surface area (Å²) in [6.07, 6.45) is 0. The maximum Gasteiger partial charge on any atom is 0.155 e. The summed E-state index contributed by atoms with van der Waals surface area (Å²) in [5, 5.41) is 2.10. The quantitative estimate of drug-likeness (QED) is 0.331. The third-order valence-electron chi connectivity index (χ3n) is 4.73. The molecule has 3 aromatic carbocycles. The maximum absolute atomic E-state index is 5.15. The van der Waals surface area contributed by atoms with E-state index in [0.717, 1.165) is 38.9 Å². The summed E-state index contributed by atoms with van der Waals surface area (Å²) in [5.41, 5.74) is 5.49. The summed E-state index contributed by atoms with van der Waals surface area (Å²) in [4.78, 5) is 6.30. The Kier molecular flexibility index (Phi) is 4.36. The number of thiophene rings is 1. The van der Waals surface area contributed by atoms with Crippen LogP contribution >= 0.6 is 11.3 Å². The van der Waals surface area contributed by atoms with Gasteiger partial charge in [0.05, 0.1) is 16.3 Å². The van der Waals surface area contributed by atoms with Crippen molar-refractivity contribution >= 4 is 11.3 Å². The normalized spacial score (nSPS) is 10.9. The summed E-state index contributed by atoms with van der Waals surface area (Å²) < 4.78 is 2.28. The molecular weight excluding hydrogens is 360 g/mol. The van der Waals surface area contributed by atoms with Crippen LogP contribution in [-0.4, -0.2) is 9.55 Å². The van der Waals surface area contributed by atoms with E-state index >= 15 is 0 Å². The van der Waals surface area contributed by atoms with E-state index in [9.17, 15) is 0 Å². The number of para-hydroxylation sites is 1. The third-order valence-corrected chi connectivity index (χ3v) is 5.59. The van der Waals surface area contributed by atoms with Crippen LogP contribution in [0.1, 0.15) is 0 Å². The Labute approximate surface area is 168 Å². The van der Waals surface area contributed by atoms with E-state index in [2.05, 4.69) is 101 Å². The van der Waals surface area contributed by atoms with E-state index in [0.29, 0.717) is 0 Å². The van der Waals surface area contributed by atoms with Gasteiger partial charge >= 0.3 is 0 Å². The first-order chi connectivity index (χ1) is 13.9. The average Bonchev–Trinajstić information content (AvgIpc) is 3.43. The van der Waals surface area contributed by atoms with Crippen LogP contribution in [0.5, 0.6) is 0 Å². The molecule has 0 aliphatic heterocycles. The van der Waals surface area contributed by atoms with Gasteiger partial charge in [0.15, 0.2) is 5.82 Å². The second kappa shape index (κ2) is 7.29. The first-order valence-corrected chi connectivity index (χ1v) is 10.1. The predicted molar refractivity (Wildman–Crippen MR) is 118 cm³/mol. The number of hydrogen-bond donors (Lipinski definition) is 0. The smallest absolute Gasteiger partial charge is 0.155 e. The summed E-state index contributed by atoms with van der Waals surface area (Å²) in [6.45, 7) is 0. The Balaban J connectivity index is 1.89. The van der Waals surface area contributed by atoms with Crippen LogP contribution in [0.4, 0.5) is 0 Å². The van der Waals surface area contributed by atoms with Crippen molar-refractivity contribution in [2.75, 3.05) is 0 Å². The van der Waals surface area contributed by atoms with Crippen molar-refractivity contribution in [2.24, 2.45) is 0 Å². The molecule has 2 heterocycles. The van der Waals surface area contributed by atoms with Crippen LogP contribution in [0.3, 0.4) is 0 Å². The molecule has 2 nitrogen and oxygen atoms in total. The number of benzene rings is 3. The average molecular weight is 379 g/mol. The first-order valence-electron chi connectivity index (χ1n) is 9.25. The Morgan fingerprint density at radius 3 is 1.82 bits per heavy atom. The zero-order chi connectivity index (χ0) is 18.8. The minimum Gasteiger partial charge on any atom is -0.291 e. The second-order valence-corrected chi connectivity index (χ2v) is 7.46. The molecule has 0 amide bonds. The Morgan fingerprint density at radius 1 is 0.607 bits per heavy atom. The number of imidazole rings is 1. The number of aromatic nitrogens is 2. The topological polar surface area (TPSA) is 17.8 Å². The highest BCUT2D eigenvalue weighted by molar-refractivity contribution is 7.13. The molecule has 0 spiro atoms. The molecule has 3 heteroatoms. The molecular formula is C25H18N2S. The lowest BCUT2D eigenvalue weighted by Gasteiger charge is -2.13. The molecule has 0 atom stereocenters. The van der Waals surface area contributed by atoms with E-state index < -0.39 is 0 Å². The zero-order valence-electron chi connectivity index (χ0n) is 15.2. The molecule has 0 aliphatic rings. The Morgan fingerprint density at radius 2 is 1.21 bits per heavy atom. The monoisotopic (exact) mass is 378 g/mol. The van der Waals surface area contributed by atoms with Crippen molar-refractivity contribution in [1.29, 1.82) is 0 Å². The first kappa shape index (κ1) is 16.7. The van der Waals surface area contributed by atoms with Gasteiger partial charge in [-0.3, -0.25) is 4.57 Å². The van der Waals surface area contributed by atoms with E-state index in [1.165, 1.54) is 0 Å². The van der Waals surface area contributed by atoms with Crippen LogP contribution < -0.4 is 0 Å². The van der Waals surface area contributed by atoms with Crippen LogP contribution in [-0.2, 0) is 0 Å². The van der Waals surface area contributed by atoms with E-state index in [-0.39, 0.29) is 0 Å². The number of hydrogen-bond acceptors (Lipinski definition) is 2. The minimum absolute atomic E-state index is 0.971. The van der Waals surface area contributed by atoms with Crippen molar-refractivity contribution < 1.29 is 0 Å². The SMILES string of the molecule is c1ccc(-c2nc(-c3cccs3)n(-c3ccccc3)c2-c2ccccc2)cc1.